The van der Waals surface area contributed by atoms with E-state index in [2.05, 4.69) is 287 Å². The molecule has 2 aliphatic carbocycles. The second-order valence-corrected chi connectivity index (χ2v) is 18.5. The standard InChI is InChI=1S/C66H54N4/c1-8-22-50(23-9-1)67(51-24-10-2-11-25-51)56-34-36-57(37-35-56)68(52-26-12-3-13-27-52)58-38-40-59(41-39-58)70(55-32-18-6-19-33-55)61-43-45-63-62-44-42-60(48-64(62)66(65(63)49-61)46-20-7-21-47-66)69(53-28-14-4-15-29-53)54-30-16-5-17-31-54/h1-6,8-19,22-45,48-49H,7,20-21,46-47H2. The van der Waals surface area contributed by atoms with E-state index in [4.69, 9.17) is 0 Å². The minimum Gasteiger partial charge on any atom is -0.311 e. The normalized spacial score (nSPS) is 13.3. The molecule has 10 aromatic carbocycles. The topological polar surface area (TPSA) is 13.0 Å². The van der Waals surface area contributed by atoms with E-state index in [0.29, 0.717) is 0 Å². The summed E-state index contributed by atoms with van der Waals surface area (Å²) in [5.74, 6) is 0. The lowest BCUT2D eigenvalue weighted by atomic mass is 9.67. The van der Waals surface area contributed by atoms with Crippen LogP contribution in [0.15, 0.2) is 267 Å². The second-order valence-electron chi connectivity index (χ2n) is 18.5. The fraction of sp³-hybridized carbons (Fsp3) is 0.0909. The van der Waals surface area contributed by atoms with E-state index in [0.717, 1.165) is 69.7 Å². The minimum absolute atomic E-state index is 0.0643. The Morgan fingerprint density at radius 1 is 0.214 bits per heavy atom. The fourth-order valence-corrected chi connectivity index (χ4v) is 11.2. The molecule has 0 aliphatic heterocycles. The van der Waals surface area contributed by atoms with Crippen LogP contribution in [0.3, 0.4) is 0 Å². The third-order valence-corrected chi connectivity index (χ3v) is 14.4. The van der Waals surface area contributed by atoms with Crippen LogP contribution in [0.2, 0.25) is 0 Å². The molecule has 10 aromatic rings. The monoisotopic (exact) mass is 902 g/mol. The van der Waals surface area contributed by atoms with Crippen molar-refractivity contribution in [1.29, 1.82) is 0 Å². The van der Waals surface area contributed by atoms with Crippen LogP contribution in [0.5, 0.6) is 0 Å². The molecule has 0 atom stereocenters. The van der Waals surface area contributed by atoms with Crippen molar-refractivity contribution in [3.05, 3.63) is 278 Å². The molecule has 0 heterocycles. The first-order valence-electron chi connectivity index (χ1n) is 24.7. The van der Waals surface area contributed by atoms with E-state index in [9.17, 15) is 0 Å². The number of hydrogen-bond donors (Lipinski definition) is 0. The molecule has 70 heavy (non-hydrogen) atoms. The summed E-state index contributed by atoms with van der Waals surface area (Å²) >= 11 is 0. The average Bonchev–Trinajstić information content (AvgIpc) is 3.68. The first-order chi connectivity index (χ1) is 34.7. The zero-order chi connectivity index (χ0) is 46.7. The molecular weight excluding hydrogens is 849 g/mol. The summed E-state index contributed by atoms with van der Waals surface area (Å²) in [7, 11) is 0. The van der Waals surface area contributed by atoms with Gasteiger partial charge in [0, 0.05) is 73.7 Å². The Bertz CT molecular complexity index is 3240. The molecule has 0 unspecified atom stereocenters. The Labute approximate surface area is 412 Å². The summed E-state index contributed by atoms with van der Waals surface area (Å²) in [6.07, 6.45) is 6.00. The summed E-state index contributed by atoms with van der Waals surface area (Å²) < 4.78 is 0. The highest BCUT2D eigenvalue weighted by Crippen LogP contribution is 2.58. The maximum Gasteiger partial charge on any atom is 0.0465 e. The van der Waals surface area contributed by atoms with Gasteiger partial charge in [-0.1, -0.05) is 141 Å². The van der Waals surface area contributed by atoms with Gasteiger partial charge < -0.3 is 19.6 Å². The van der Waals surface area contributed by atoms with Gasteiger partial charge in [0.2, 0.25) is 0 Å². The first-order valence-corrected chi connectivity index (χ1v) is 24.7. The lowest BCUT2D eigenvalue weighted by molar-refractivity contribution is 0.353. The molecule has 1 fully saturated rings. The maximum atomic E-state index is 2.53. The summed E-state index contributed by atoms with van der Waals surface area (Å²) in [5, 5.41) is 0. The van der Waals surface area contributed by atoms with Crippen molar-refractivity contribution in [3.8, 4) is 11.1 Å². The predicted molar refractivity (Wildman–Crippen MR) is 294 cm³/mol. The summed E-state index contributed by atoms with van der Waals surface area (Å²) in [5.41, 5.74) is 19.1. The number of nitrogens with zero attached hydrogens (tertiary/aromatic N) is 4. The Kier molecular flexibility index (Phi) is 11.5. The van der Waals surface area contributed by atoms with Crippen LogP contribution in [0, 0.1) is 0 Å². The number of rotatable bonds is 12. The van der Waals surface area contributed by atoms with Crippen molar-refractivity contribution < 1.29 is 0 Å². The SMILES string of the molecule is c1ccc(N(c2ccccc2)c2ccc(N(c3ccccc3)c3ccc(N(c4ccccc4)c4ccc5c(c4)C4(CCCCC4)c4cc(N(c6ccccc6)c6ccccc6)ccc4-5)cc3)cc2)cc1. The molecule has 0 N–H and O–H groups in total. The molecule has 0 amide bonds. The van der Waals surface area contributed by atoms with Crippen molar-refractivity contribution in [1.82, 2.24) is 0 Å². The van der Waals surface area contributed by atoms with Crippen molar-refractivity contribution in [2.75, 3.05) is 19.6 Å². The van der Waals surface area contributed by atoms with E-state index in [1.54, 1.807) is 0 Å². The van der Waals surface area contributed by atoms with Gasteiger partial charge in [0.25, 0.3) is 0 Å². The van der Waals surface area contributed by atoms with Crippen LogP contribution in [-0.2, 0) is 5.41 Å². The molecule has 0 radical (unpaired) electrons. The summed E-state index contributed by atoms with van der Waals surface area (Å²) in [6, 6.07) is 96.8. The highest BCUT2D eigenvalue weighted by molar-refractivity contribution is 5.89. The molecule has 2 aliphatic rings. The van der Waals surface area contributed by atoms with Gasteiger partial charge in [-0.15, -0.1) is 0 Å². The van der Waals surface area contributed by atoms with Crippen LogP contribution >= 0.6 is 0 Å². The third-order valence-electron chi connectivity index (χ3n) is 14.4. The predicted octanol–water partition coefficient (Wildman–Crippen LogP) is 18.8. The number of para-hydroxylation sites is 6. The minimum atomic E-state index is -0.0643. The van der Waals surface area contributed by atoms with Gasteiger partial charge in [-0.2, -0.15) is 0 Å². The molecule has 4 heteroatoms. The van der Waals surface area contributed by atoms with Crippen LogP contribution < -0.4 is 19.6 Å². The van der Waals surface area contributed by atoms with E-state index in [1.807, 2.05) is 0 Å². The molecule has 1 saturated carbocycles. The first kappa shape index (κ1) is 42.7. The molecule has 0 saturated heterocycles. The van der Waals surface area contributed by atoms with Crippen LogP contribution in [-0.4, -0.2) is 0 Å². The smallest absolute Gasteiger partial charge is 0.0465 e. The van der Waals surface area contributed by atoms with E-state index in [1.165, 1.54) is 52.9 Å². The van der Waals surface area contributed by atoms with Crippen molar-refractivity contribution in [3.63, 3.8) is 0 Å². The zero-order valence-electron chi connectivity index (χ0n) is 39.2. The van der Waals surface area contributed by atoms with Gasteiger partial charge in [-0.05, 0) is 181 Å². The fourth-order valence-electron chi connectivity index (χ4n) is 11.2. The molecule has 338 valence electrons. The van der Waals surface area contributed by atoms with Crippen LogP contribution in [0.1, 0.15) is 43.2 Å². The average molecular weight is 903 g/mol. The number of anilines is 12. The van der Waals surface area contributed by atoms with Crippen LogP contribution in [0.25, 0.3) is 11.1 Å². The maximum absolute atomic E-state index is 2.53. The van der Waals surface area contributed by atoms with Crippen LogP contribution in [0.4, 0.5) is 68.2 Å². The number of benzene rings is 10. The number of hydrogen-bond acceptors (Lipinski definition) is 4. The highest BCUT2D eigenvalue weighted by Gasteiger charge is 2.44. The van der Waals surface area contributed by atoms with Gasteiger partial charge in [0.1, 0.15) is 0 Å². The van der Waals surface area contributed by atoms with Crippen molar-refractivity contribution in [2.24, 2.45) is 0 Å². The molecule has 4 nitrogen and oxygen atoms in total. The Morgan fingerprint density at radius 2 is 0.429 bits per heavy atom. The third kappa shape index (κ3) is 7.97. The van der Waals surface area contributed by atoms with E-state index in [-0.39, 0.29) is 5.41 Å². The summed E-state index contributed by atoms with van der Waals surface area (Å²) in [4.78, 5) is 9.50. The van der Waals surface area contributed by atoms with Crippen molar-refractivity contribution in [2.45, 2.75) is 37.5 Å². The highest BCUT2D eigenvalue weighted by atomic mass is 15.2. The lowest BCUT2D eigenvalue weighted by Gasteiger charge is -2.37. The van der Waals surface area contributed by atoms with Gasteiger partial charge >= 0.3 is 0 Å². The molecule has 12 rings (SSSR count). The van der Waals surface area contributed by atoms with E-state index >= 15 is 0 Å². The molecule has 1 spiro atoms. The van der Waals surface area contributed by atoms with E-state index < -0.39 is 0 Å². The Hall–Kier alpha value is -8.60. The molecular formula is C66H54N4. The van der Waals surface area contributed by atoms with Gasteiger partial charge in [-0.3, -0.25) is 0 Å². The number of fused-ring (bicyclic) bond motifs is 5. The lowest BCUT2D eigenvalue weighted by Crippen LogP contribution is -2.28. The largest absolute Gasteiger partial charge is 0.311 e. The quantitative estimate of drug-likeness (QED) is 0.121. The zero-order valence-corrected chi connectivity index (χ0v) is 39.2. The molecule has 0 aromatic heterocycles. The van der Waals surface area contributed by atoms with Gasteiger partial charge in [-0.25, -0.2) is 0 Å². The Morgan fingerprint density at radius 3 is 0.686 bits per heavy atom. The van der Waals surface area contributed by atoms with Crippen molar-refractivity contribution >= 4 is 68.2 Å². The summed E-state index contributed by atoms with van der Waals surface area (Å²) in [6.45, 7) is 0. The van der Waals surface area contributed by atoms with Gasteiger partial charge in [0.05, 0.1) is 0 Å². The molecule has 0 bridgehead atoms. The Balaban J connectivity index is 0.917. The second kappa shape index (κ2) is 18.8. The van der Waals surface area contributed by atoms with Gasteiger partial charge in [0.15, 0.2) is 0 Å².